The van der Waals surface area contributed by atoms with Gasteiger partial charge in [0.25, 0.3) is 0 Å². The molecule has 1 aromatic carbocycles. The van der Waals surface area contributed by atoms with Crippen LogP contribution in [0.15, 0.2) is 24.3 Å². The normalized spacial score (nSPS) is 12.2. The second kappa shape index (κ2) is 7.79. The molecule has 0 aliphatic carbocycles. The zero-order valence-electron chi connectivity index (χ0n) is 10.4. The Bertz CT molecular complexity index is 367. The van der Waals surface area contributed by atoms with E-state index in [1.54, 1.807) is 0 Å². The molecule has 0 aromatic heterocycles. The first-order valence-electron chi connectivity index (χ1n) is 5.91. The molecule has 4 nitrogen and oxygen atoms in total. The van der Waals surface area contributed by atoms with Crippen LogP contribution in [0.1, 0.15) is 25.0 Å². The van der Waals surface area contributed by atoms with Crippen LogP contribution in [-0.4, -0.2) is 30.8 Å². The lowest BCUT2D eigenvalue weighted by atomic mass is 10.1. The van der Waals surface area contributed by atoms with Crippen molar-refractivity contribution in [3.8, 4) is 0 Å². The molecule has 5 heteroatoms. The zero-order valence-corrected chi connectivity index (χ0v) is 10.4. The van der Waals surface area contributed by atoms with Gasteiger partial charge >= 0.3 is 0 Å². The highest BCUT2D eigenvalue weighted by molar-refractivity contribution is 5.77. The summed E-state index contributed by atoms with van der Waals surface area (Å²) in [7, 11) is 0. The number of carbonyl (C=O) groups is 1. The summed E-state index contributed by atoms with van der Waals surface area (Å²) in [6.07, 6.45) is 0.00611. The van der Waals surface area contributed by atoms with Crippen LogP contribution in [-0.2, 0) is 9.53 Å². The molecule has 1 amide bonds. The molecule has 0 bridgehead atoms. The van der Waals surface area contributed by atoms with Gasteiger partial charge in [0.1, 0.15) is 12.4 Å². The number of rotatable bonds is 7. The number of amides is 1. The van der Waals surface area contributed by atoms with Crippen molar-refractivity contribution in [2.45, 2.75) is 19.4 Å². The second-order valence-electron chi connectivity index (χ2n) is 3.92. The minimum absolute atomic E-state index is 0.00994. The summed E-state index contributed by atoms with van der Waals surface area (Å²) in [5.41, 5.74) is 0.561. The molecular weight excluding hydrogens is 237 g/mol. The van der Waals surface area contributed by atoms with Gasteiger partial charge in [0, 0.05) is 13.2 Å². The molecule has 0 saturated heterocycles. The summed E-state index contributed by atoms with van der Waals surface area (Å²) >= 11 is 0. The average molecular weight is 255 g/mol. The highest BCUT2D eigenvalue weighted by atomic mass is 19.1. The van der Waals surface area contributed by atoms with Gasteiger partial charge in [-0.25, -0.2) is 4.39 Å². The van der Waals surface area contributed by atoms with Gasteiger partial charge in [0.05, 0.1) is 6.10 Å². The number of carbonyl (C=O) groups excluding carboxylic acids is 1. The fraction of sp³-hybridized carbons (Fsp3) is 0.462. The van der Waals surface area contributed by atoms with Crippen molar-refractivity contribution in [1.29, 1.82) is 0 Å². The number of ether oxygens (including phenoxy) is 1. The van der Waals surface area contributed by atoms with Crippen LogP contribution < -0.4 is 5.32 Å². The predicted molar refractivity (Wildman–Crippen MR) is 65.5 cm³/mol. The van der Waals surface area contributed by atoms with Crippen LogP contribution in [0, 0.1) is 5.82 Å². The minimum atomic E-state index is -0.847. The maximum atomic E-state index is 12.7. The van der Waals surface area contributed by atoms with Crippen molar-refractivity contribution >= 4 is 5.91 Å². The Balaban J connectivity index is 2.30. The molecule has 0 aliphatic heterocycles. The Morgan fingerprint density at radius 1 is 1.44 bits per heavy atom. The van der Waals surface area contributed by atoms with Crippen molar-refractivity contribution in [1.82, 2.24) is 5.32 Å². The first kappa shape index (κ1) is 14.6. The van der Waals surface area contributed by atoms with Gasteiger partial charge in [-0.2, -0.15) is 0 Å². The number of benzene rings is 1. The van der Waals surface area contributed by atoms with E-state index < -0.39 is 6.10 Å². The molecule has 0 saturated carbocycles. The molecule has 18 heavy (non-hydrogen) atoms. The van der Waals surface area contributed by atoms with Gasteiger partial charge in [0.2, 0.25) is 5.91 Å². The largest absolute Gasteiger partial charge is 0.387 e. The van der Waals surface area contributed by atoms with Crippen LogP contribution in [0.5, 0.6) is 0 Å². The summed E-state index contributed by atoms with van der Waals surface area (Å²) < 4.78 is 17.7. The fourth-order valence-electron chi connectivity index (χ4n) is 1.37. The van der Waals surface area contributed by atoms with Gasteiger partial charge < -0.3 is 15.2 Å². The van der Waals surface area contributed by atoms with Crippen molar-refractivity contribution < 1.29 is 19.0 Å². The summed E-state index contributed by atoms with van der Waals surface area (Å²) in [6, 6.07) is 5.51. The van der Waals surface area contributed by atoms with E-state index in [4.69, 9.17) is 4.74 Å². The third kappa shape index (κ3) is 5.25. The summed E-state index contributed by atoms with van der Waals surface area (Å²) in [5, 5.41) is 12.3. The Labute approximate surface area is 106 Å². The predicted octanol–water partition coefficient (Wildman–Crippen LogP) is 1.40. The minimum Gasteiger partial charge on any atom is -0.387 e. The zero-order chi connectivity index (χ0) is 13.4. The molecule has 0 heterocycles. The smallest absolute Gasteiger partial charge is 0.246 e. The molecule has 1 atom stereocenters. The first-order valence-corrected chi connectivity index (χ1v) is 5.91. The highest BCUT2D eigenvalue weighted by Crippen LogP contribution is 2.12. The fourth-order valence-corrected chi connectivity index (χ4v) is 1.37. The van der Waals surface area contributed by atoms with Gasteiger partial charge in [-0.1, -0.05) is 19.1 Å². The maximum absolute atomic E-state index is 12.7. The molecular formula is C13H18FNO3. The number of hydrogen-bond acceptors (Lipinski definition) is 3. The SMILES string of the molecule is CCCOCC(=O)NCC(O)c1ccc(F)cc1. The van der Waals surface area contributed by atoms with E-state index in [0.29, 0.717) is 12.2 Å². The number of aliphatic hydroxyl groups excluding tert-OH is 1. The number of halogens is 1. The molecule has 1 rings (SSSR count). The van der Waals surface area contributed by atoms with Crippen molar-refractivity contribution in [3.05, 3.63) is 35.6 Å². The van der Waals surface area contributed by atoms with Crippen LogP contribution in [0.2, 0.25) is 0 Å². The van der Waals surface area contributed by atoms with Crippen molar-refractivity contribution in [2.75, 3.05) is 19.8 Å². The number of hydrogen-bond donors (Lipinski definition) is 2. The Kier molecular flexibility index (Phi) is 6.32. The van der Waals surface area contributed by atoms with E-state index in [-0.39, 0.29) is 24.9 Å². The van der Waals surface area contributed by atoms with E-state index in [1.807, 2.05) is 6.92 Å². The maximum Gasteiger partial charge on any atom is 0.246 e. The monoisotopic (exact) mass is 255 g/mol. The molecule has 0 fully saturated rings. The van der Waals surface area contributed by atoms with Crippen LogP contribution in [0.3, 0.4) is 0 Å². The first-order chi connectivity index (χ1) is 8.63. The summed E-state index contributed by atoms with van der Waals surface area (Å²) in [5.74, 6) is -0.632. The van der Waals surface area contributed by atoms with E-state index >= 15 is 0 Å². The van der Waals surface area contributed by atoms with Crippen LogP contribution in [0.25, 0.3) is 0 Å². The average Bonchev–Trinajstić information content (AvgIpc) is 2.37. The van der Waals surface area contributed by atoms with Gasteiger partial charge in [0.15, 0.2) is 0 Å². The summed E-state index contributed by atoms with van der Waals surface area (Å²) in [6.45, 7) is 2.56. The van der Waals surface area contributed by atoms with E-state index in [0.717, 1.165) is 6.42 Å². The molecule has 1 aromatic rings. The standard InChI is InChI=1S/C13H18FNO3/c1-2-7-18-9-13(17)15-8-12(16)10-3-5-11(14)6-4-10/h3-6,12,16H,2,7-9H2,1H3,(H,15,17). The lowest BCUT2D eigenvalue weighted by Gasteiger charge is -2.12. The highest BCUT2D eigenvalue weighted by Gasteiger charge is 2.09. The lowest BCUT2D eigenvalue weighted by molar-refractivity contribution is -0.126. The third-order valence-corrected chi connectivity index (χ3v) is 2.33. The Hall–Kier alpha value is -1.46. The molecule has 0 aliphatic rings. The van der Waals surface area contributed by atoms with Crippen LogP contribution in [0.4, 0.5) is 4.39 Å². The Morgan fingerprint density at radius 2 is 2.11 bits per heavy atom. The second-order valence-corrected chi connectivity index (χ2v) is 3.92. The van der Waals surface area contributed by atoms with E-state index in [9.17, 15) is 14.3 Å². The van der Waals surface area contributed by atoms with Crippen molar-refractivity contribution in [2.24, 2.45) is 0 Å². The van der Waals surface area contributed by atoms with Crippen LogP contribution >= 0.6 is 0 Å². The van der Waals surface area contributed by atoms with E-state index in [1.165, 1.54) is 24.3 Å². The molecule has 100 valence electrons. The molecule has 0 spiro atoms. The number of nitrogens with one attached hydrogen (secondary N) is 1. The summed E-state index contributed by atoms with van der Waals surface area (Å²) in [4.78, 5) is 11.3. The topological polar surface area (TPSA) is 58.6 Å². The van der Waals surface area contributed by atoms with E-state index in [2.05, 4.69) is 5.32 Å². The van der Waals surface area contributed by atoms with Crippen molar-refractivity contribution in [3.63, 3.8) is 0 Å². The third-order valence-electron chi connectivity index (χ3n) is 2.33. The lowest BCUT2D eigenvalue weighted by Crippen LogP contribution is -2.31. The molecule has 1 unspecified atom stereocenters. The Morgan fingerprint density at radius 3 is 2.72 bits per heavy atom. The van der Waals surface area contributed by atoms with Gasteiger partial charge in [-0.15, -0.1) is 0 Å². The quantitative estimate of drug-likeness (QED) is 0.724. The molecule has 2 N–H and O–H groups in total. The van der Waals surface area contributed by atoms with Gasteiger partial charge in [-0.3, -0.25) is 4.79 Å². The van der Waals surface area contributed by atoms with Gasteiger partial charge in [-0.05, 0) is 24.1 Å². The molecule has 0 radical (unpaired) electrons. The number of aliphatic hydroxyl groups is 1.